The summed E-state index contributed by atoms with van der Waals surface area (Å²) in [6, 6.07) is 8.11. The van der Waals surface area contributed by atoms with Gasteiger partial charge in [-0.05, 0) is 30.5 Å². The Morgan fingerprint density at radius 2 is 2.07 bits per heavy atom. The van der Waals surface area contributed by atoms with Gasteiger partial charge >= 0.3 is 0 Å². The zero-order valence-corrected chi connectivity index (χ0v) is 9.20. The molecule has 0 bridgehead atoms. The number of nitrogens with one attached hydrogen (secondary N) is 1. The van der Waals surface area contributed by atoms with Gasteiger partial charge < -0.3 is 5.32 Å². The minimum absolute atomic E-state index is 0.655. The van der Waals surface area contributed by atoms with E-state index in [2.05, 4.69) is 36.3 Å². The molecule has 1 aromatic rings. The zero-order valence-electron chi connectivity index (χ0n) is 9.20. The summed E-state index contributed by atoms with van der Waals surface area (Å²) in [7, 11) is 0. The first kappa shape index (κ1) is 9.97. The highest BCUT2D eigenvalue weighted by Gasteiger charge is 2.06. The highest BCUT2D eigenvalue weighted by molar-refractivity contribution is 5.83. The fourth-order valence-corrected chi connectivity index (χ4v) is 1.67. The van der Waals surface area contributed by atoms with Crippen LogP contribution in [0.5, 0.6) is 0 Å². The fourth-order valence-electron chi connectivity index (χ4n) is 1.67. The van der Waals surface area contributed by atoms with Crippen LogP contribution in [0.15, 0.2) is 41.0 Å². The summed E-state index contributed by atoms with van der Waals surface area (Å²) in [5.74, 6) is 0.655. The van der Waals surface area contributed by atoms with Gasteiger partial charge in [-0.3, -0.25) is 4.99 Å². The van der Waals surface area contributed by atoms with Gasteiger partial charge in [0.25, 0.3) is 0 Å². The smallest absolute Gasteiger partial charge is 0.0864 e. The average Bonchev–Trinajstić information content (AvgIpc) is 2.38. The first-order chi connectivity index (χ1) is 7.25. The molecule has 2 rings (SSSR count). The summed E-state index contributed by atoms with van der Waals surface area (Å²) >= 11 is 0. The summed E-state index contributed by atoms with van der Waals surface area (Å²) < 4.78 is 0. The van der Waals surface area contributed by atoms with Crippen molar-refractivity contribution in [3.05, 3.63) is 36.0 Å². The summed E-state index contributed by atoms with van der Waals surface area (Å²) in [6.07, 6.45) is 4.98. The van der Waals surface area contributed by atoms with Crippen molar-refractivity contribution in [1.29, 1.82) is 0 Å². The van der Waals surface area contributed by atoms with Crippen molar-refractivity contribution in [2.24, 2.45) is 10.9 Å². The maximum atomic E-state index is 4.38. The van der Waals surface area contributed by atoms with Gasteiger partial charge in [0.2, 0.25) is 0 Å². The van der Waals surface area contributed by atoms with Crippen molar-refractivity contribution in [1.82, 2.24) is 0 Å². The Morgan fingerprint density at radius 3 is 2.87 bits per heavy atom. The predicted octanol–water partition coefficient (Wildman–Crippen LogP) is 3.74. The third-order valence-electron chi connectivity index (χ3n) is 2.32. The normalized spacial score (nSPS) is 14.2. The molecule has 15 heavy (non-hydrogen) atoms. The minimum atomic E-state index is 0.655. The number of allylic oxidation sites excluding steroid dienone is 2. The number of nitrogens with zero attached hydrogens (tertiary/aromatic N) is 1. The maximum Gasteiger partial charge on any atom is 0.0864 e. The van der Waals surface area contributed by atoms with E-state index in [0.717, 1.165) is 17.8 Å². The summed E-state index contributed by atoms with van der Waals surface area (Å²) in [5.41, 5.74) is 3.34. The van der Waals surface area contributed by atoms with E-state index in [-0.39, 0.29) is 0 Å². The lowest BCUT2D eigenvalue weighted by molar-refractivity contribution is 0.645. The van der Waals surface area contributed by atoms with Gasteiger partial charge in [0.05, 0.1) is 11.4 Å². The van der Waals surface area contributed by atoms with E-state index in [1.165, 1.54) is 5.70 Å². The Balaban J connectivity index is 2.23. The summed E-state index contributed by atoms with van der Waals surface area (Å²) in [4.78, 5) is 4.38. The van der Waals surface area contributed by atoms with Crippen LogP contribution in [0.4, 0.5) is 11.4 Å². The maximum absolute atomic E-state index is 4.38. The van der Waals surface area contributed by atoms with Crippen molar-refractivity contribution in [2.45, 2.75) is 20.3 Å². The molecule has 2 heteroatoms. The van der Waals surface area contributed by atoms with E-state index in [0.29, 0.717) is 5.92 Å². The SMILES string of the molecule is CC(C)CC1=CC=Nc2ccccc2N1. The lowest BCUT2D eigenvalue weighted by atomic mass is 10.1. The molecule has 0 saturated heterocycles. The number of fused-ring (bicyclic) bond motifs is 1. The second kappa shape index (κ2) is 4.30. The van der Waals surface area contributed by atoms with Crippen molar-refractivity contribution in [3.63, 3.8) is 0 Å². The lowest BCUT2D eigenvalue weighted by Gasteiger charge is -2.12. The number of hydrogen-bond acceptors (Lipinski definition) is 2. The van der Waals surface area contributed by atoms with E-state index in [1.54, 1.807) is 0 Å². The molecule has 0 aliphatic carbocycles. The molecule has 1 aliphatic rings. The van der Waals surface area contributed by atoms with Gasteiger partial charge in [-0.25, -0.2) is 0 Å². The largest absolute Gasteiger partial charge is 0.357 e. The number of benzene rings is 1. The molecule has 78 valence electrons. The molecule has 0 atom stereocenters. The Morgan fingerprint density at radius 1 is 1.27 bits per heavy atom. The molecule has 2 nitrogen and oxygen atoms in total. The molecule has 0 saturated carbocycles. The summed E-state index contributed by atoms with van der Waals surface area (Å²) in [6.45, 7) is 4.44. The van der Waals surface area contributed by atoms with Crippen LogP contribution in [0.1, 0.15) is 20.3 Å². The van der Waals surface area contributed by atoms with Gasteiger partial charge in [0, 0.05) is 11.9 Å². The average molecular weight is 200 g/mol. The molecule has 0 spiro atoms. The van der Waals surface area contributed by atoms with Crippen LogP contribution in [0.2, 0.25) is 0 Å². The van der Waals surface area contributed by atoms with Crippen LogP contribution < -0.4 is 5.32 Å². The number of anilines is 1. The van der Waals surface area contributed by atoms with Gasteiger partial charge in [0.1, 0.15) is 0 Å². The molecule has 0 amide bonds. The van der Waals surface area contributed by atoms with Crippen LogP contribution in [0.3, 0.4) is 0 Å². The molecule has 1 heterocycles. The van der Waals surface area contributed by atoms with Crippen LogP contribution in [0.25, 0.3) is 0 Å². The minimum Gasteiger partial charge on any atom is -0.357 e. The third-order valence-corrected chi connectivity index (χ3v) is 2.32. The first-order valence-electron chi connectivity index (χ1n) is 5.35. The van der Waals surface area contributed by atoms with Gasteiger partial charge in [-0.1, -0.05) is 26.0 Å². The van der Waals surface area contributed by atoms with E-state index < -0.39 is 0 Å². The van der Waals surface area contributed by atoms with E-state index >= 15 is 0 Å². The fraction of sp³-hybridized carbons (Fsp3) is 0.308. The molecule has 0 radical (unpaired) electrons. The van der Waals surface area contributed by atoms with Crippen molar-refractivity contribution in [2.75, 3.05) is 5.32 Å². The van der Waals surface area contributed by atoms with Crippen molar-refractivity contribution >= 4 is 17.6 Å². The molecule has 1 aromatic carbocycles. The first-order valence-corrected chi connectivity index (χ1v) is 5.35. The Labute approximate surface area is 90.7 Å². The molecular formula is C13H16N2. The van der Waals surface area contributed by atoms with Crippen LogP contribution >= 0.6 is 0 Å². The monoisotopic (exact) mass is 200 g/mol. The topological polar surface area (TPSA) is 24.4 Å². The van der Waals surface area contributed by atoms with E-state index in [9.17, 15) is 0 Å². The molecule has 0 unspecified atom stereocenters. The van der Waals surface area contributed by atoms with Crippen molar-refractivity contribution < 1.29 is 0 Å². The molecular weight excluding hydrogens is 184 g/mol. The van der Waals surface area contributed by atoms with Crippen LogP contribution in [-0.2, 0) is 0 Å². The number of hydrogen-bond donors (Lipinski definition) is 1. The number of rotatable bonds is 2. The molecule has 0 aromatic heterocycles. The highest BCUT2D eigenvalue weighted by atomic mass is 14.9. The highest BCUT2D eigenvalue weighted by Crippen LogP contribution is 2.28. The van der Waals surface area contributed by atoms with Crippen LogP contribution in [-0.4, -0.2) is 6.21 Å². The van der Waals surface area contributed by atoms with E-state index in [4.69, 9.17) is 0 Å². The Bertz CT molecular complexity index is 403. The zero-order chi connectivity index (χ0) is 10.7. The molecule has 1 aliphatic heterocycles. The van der Waals surface area contributed by atoms with Crippen molar-refractivity contribution in [3.8, 4) is 0 Å². The molecule has 0 fully saturated rings. The van der Waals surface area contributed by atoms with Gasteiger partial charge in [-0.15, -0.1) is 0 Å². The molecule has 1 N–H and O–H groups in total. The number of aliphatic imine (C=N–C) groups is 1. The van der Waals surface area contributed by atoms with Crippen LogP contribution in [0, 0.1) is 5.92 Å². The lowest BCUT2D eigenvalue weighted by Crippen LogP contribution is -2.02. The van der Waals surface area contributed by atoms with Gasteiger partial charge in [0.15, 0.2) is 0 Å². The quantitative estimate of drug-likeness (QED) is 0.772. The predicted molar refractivity (Wildman–Crippen MR) is 65.8 cm³/mol. The second-order valence-corrected chi connectivity index (χ2v) is 4.21. The Hall–Kier alpha value is -1.57. The number of para-hydroxylation sites is 2. The third kappa shape index (κ3) is 2.46. The summed E-state index contributed by atoms with van der Waals surface area (Å²) in [5, 5.41) is 3.43. The standard InChI is InChI=1S/C13H16N2/c1-10(2)9-11-7-8-14-12-5-3-4-6-13(12)15-11/h3-8,10,15H,9H2,1-2H3. The second-order valence-electron chi connectivity index (χ2n) is 4.21. The van der Waals surface area contributed by atoms with Gasteiger partial charge in [-0.2, -0.15) is 0 Å². The Kier molecular flexibility index (Phi) is 2.86. The van der Waals surface area contributed by atoms with E-state index in [1.807, 2.05) is 24.4 Å².